The smallest absolute Gasteiger partial charge is 0.229 e. The number of halogens is 1. The van der Waals surface area contributed by atoms with Crippen LogP contribution in [-0.4, -0.2) is 28.6 Å². The molecule has 4 rings (SSSR count). The molecular weight excluding hydrogens is 323 g/mol. The molecule has 0 spiro atoms. The zero-order valence-corrected chi connectivity index (χ0v) is 13.2. The van der Waals surface area contributed by atoms with E-state index in [1.807, 2.05) is 18.2 Å². The van der Waals surface area contributed by atoms with Crippen LogP contribution in [0.4, 0.5) is 15.9 Å². The molecule has 1 saturated heterocycles. The summed E-state index contributed by atoms with van der Waals surface area (Å²) in [5.74, 6) is -1.21. The molecule has 1 atom stereocenters. The molecule has 0 saturated carbocycles. The Morgan fingerprint density at radius 1 is 1.20 bits per heavy atom. The maximum Gasteiger partial charge on any atom is 0.229 e. The van der Waals surface area contributed by atoms with Gasteiger partial charge in [-0.15, -0.1) is 0 Å². The first kappa shape index (κ1) is 15.3. The van der Waals surface area contributed by atoms with Crippen LogP contribution in [0.3, 0.4) is 0 Å². The fourth-order valence-electron chi connectivity index (χ4n) is 3.06. The summed E-state index contributed by atoms with van der Waals surface area (Å²) in [5, 5.41) is 9.86. The van der Waals surface area contributed by atoms with Crippen LogP contribution in [0, 0.1) is 11.7 Å². The third kappa shape index (κ3) is 2.73. The van der Waals surface area contributed by atoms with Gasteiger partial charge < -0.3 is 5.32 Å². The van der Waals surface area contributed by atoms with Gasteiger partial charge in [-0.3, -0.25) is 19.6 Å². The number of aromatic amines is 1. The van der Waals surface area contributed by atoms with Crippen molar-refractivity contribution >= 4 is 34.2 Å². The third-order valence-corrected chi connectivity index (χ3v) is 4.31. The minimum absolute atomic E-state index is 0.0709. The number of aromatic nitrogens is 2. The van der Waals surface area contributed by atoms with E-state index in [9.17, 15) is 14.0 Å². The summed E-state index contributed by atoms with van der Waals surface area (Å²) in [5.41, 5.74) is 1.19. The van der Waals surface area contributed by atoms with E-state index in [0.717, 1.165) is 0 Å². The SMILES string of the molecule is O=C(Nc1ccccc1)C1CC(=O)N(c2n[nH]c3cccc(F)c23)C1. The Balaban J connectivity index is 1.57. The second kappa shape index (κ2) is 6.01. The maximum atomic E-state index is 14.1. The minimum atomic E-state index is -0.508. The second-order valence-corrected chi connectivity index (χ2v) is 5.97. The highest BCUT2D eigenvalue weighted by Crippen LogP contribution is 2.31. The molecule has 6 nitrogen and oxygen atoms in total. The quantitative estimate of drug-likeness (QED) is 0.771. The van der Waals surface area contributed by atoms with Crippen molar-refractivity contribution in [3.05, 3.63) is 54.3 Å². The van der Waals surface area contributed by atoms with Gasteiger partial charge in [0.1, 0.15) is 5.82 Å². The Hall–Kier alpha value is -3.22. The third-order valence-electron chi connectivity index (χ3n) is 4.31. The molecule has 2 amide bonds. The Morgan fingerprint density at radius 3 is 2.80 bits per heavy atom. The number of hydrogen-bond acceptors (Lipinski definition) is 3. The Labute approximate surface area is 142 Å². The van der Waals surface area contributed by atoms with Crippen LogP contribution >= 0.6 is 0 Å². The van der Waals surface area contributed by atoms with Crippen molar-refractivity contribution in [2.24, 2.45) is 5.92 Å². The normalized spacial score (nSPS) is 17.2. The Kier molecular flexibility index (Phi) is 3.68. The second-order valence-electron chi connectivity index (χ2n) is 5.97. The van der Waals surface area contributed by atoms with Crippen molar-refractivity contribution in [3.63, 3.8) is 0 Å². The van der Waals surface area contributed by atoms with Crippen molar-refractivity contribution in [2.45, 2.75) is 6.42 Å². The van der Waals surface area contributed by atoms with Gasteiger partial charge >= 0.3 is 0 Å². The molecule has 7 heteroatoms. The minimum Gasteiger partial charge on any atom is -0.326 e. The van der Waals surface area contributed by atoms with Gasteiger partial charge in [0, 0.05) is 18.7 Å². The largest absolute Gasteiger partial charge is 0.326 e. The van der Waals surface area contributed by atoms with Crippen molar-refractivity contribution in [3.8, 4) is 0 Å². The number of nitrogens with one attached hydrogen (secondary N) is 2. The number of rotatable bonds is 3. The van der Waals surface area contributed by atoms with E-state index in [4.69, 9.17) is 0 Å². The van der Waals surface area contributed by atoms with Gasteiger partial charge in [-0.2, -0.15) is 5.10 Å². The summed E-state index contributed by atoms with van der Waals surface area (Å²) >= 11 is 0. The first-order chi connectivity index (χ1) is 12.1. The summed E-state index contributed by atoms with van der Waals surface area (Å²) < 4.78 is 14.1. The van der Waals surface area contributed by atoms with Gasteiger partial charge in [0.2, 0.25) is 11.8 Å². The molecule has 1 fully saturated rings. The highest BCUT2D eigenvalue weighted by Gasteiger charge is 2.37. The molecule has 1 aliphatic heterocycles. The van der Waals surface area contributed by atoms with Crippen LogP contribution in [-0.2, 0) is 9.59 Å². The predicted octanol–water partition coefficient (Wildman–Crippen LogP) is 2.69. The zero-order chi connectivity index (χ0) is 17.4. The molecule has 0 bridgehead atoms. The first-order valence-corrected chi connectivity index (χ1v) is 7.92. The number of para-hydroxylation sites is 1. The maximum absolute atomic E-state index is 14.1. The van der Waals surface area contributed by atoms with Crippen LogP contribution in [0.25, 0.3) is 10.9 Å². The molecule has 2 aromatic carbocycles. The molecule has 1 unspecified atom stereocenters. The number of fused-ring (bicyclic) bond motifs is 1. The highest BCUT2D eigenvalue weighted by molar-refractivity contribution is 6.07. The van der Waals surface area contributed by atoms with Crippen LogP contribution in [0.15, 0.2) is 48.5 Å². The van der Waals surface area contributed by atoms with Crippen LogP contribution in [0.2, 0.25) is 0 Å². The molecule has 1 aromatic heterocycles. The number of carbonyl (C=O) groups is 2. The monoisotopic (exact) mass is 338 g/mol. The number of benzene rings is 2. The molecule has 0 radical (unpaired) electrons. The average molecular weight is 338 g/mol. The van der Waals surface area contributed by atoms with E-state index < -0.39 is 11.7 Å². The number of H-pyrrole nitrogens is 1. The standard InChI is InChI=1S/C18H15FN4O2/c19-13-7-4-8-14-16(13)17(22-21-14)23-10-11(9-15(23)24)18(25)20-12-5-2-1-3-6-12/h1-8,11H,9-10H2,(H,20,25)(H,21,22). The van der Waals surface area contributed by atoms with Crippen molar-refractivity contribution in [1.29, 1.82) is 0 Å². The van der Waals surface area contributed by atoms with Gasteiger partial charge in [0.15, 0.2) is 5.82 Å². The van der Waals surface area contributed by atoms with Gasteiger partial charge in [0.05, 0.1) is 16.8 Å². The summed E-state index contributed by atoms with van der Waals surface area (Å²) in [6.45, 7) is 0.172. The van der Waals surface area contributed by atoms with E-state index in [0.29, 0.717) is 11.2 Å². The number of anilines is 2. The topological polar surface area (TPSA) is 78.1 Å². The Morgan fingerprint density at radius 2 is 2.00 bits per heavy atom. The van der Waals surface area contributed by atoms with Crippen molar-refractivity contribution in [2.75, 3.05) is 16.8 Å². The van der Waals surface area contributed by atoms with E-state index in [-0.39, 0.29) is 36.0 Å². The van der Waals surface area contributed by atoms with Crippen molar-refractivity contribution in [1.82, 2.24) is 10.2 Å². The molecule has 25 heavy (non-hydrogen) atoms. The molecule has 3 aromatic rings. The van der Waals surface area contributed by atoms with Crippen LogP contribution in [0.5, 0.6) is 0 Å². The van der Waals surface area contributed by atoms with Gasteiger partial charge in [-0.05, 0) is 24.3 Å². The lowest BCUT2D eigenvalue weighted by Crippen LogP contribution is -2.28. The fraction of sp³-hybridized carbons (Fsp3) is 0.167. The summed E-state index contributed by atoms with van der Waals surface area (Å²) in [6.07, 6.45) is 0.0709. The molecule has 1 aliphatic rings. The van der Waals surface area contributed by atoms with E-state index in [1.165, 1.54) is 11.0 Å². The molecule has 0 aliphatic carbocycles. The van der Waals surface area contributed by atoms with Gasteiger partial charge in [-0.1, -0.05) is 24.3 Å². The summed E-state index contributed by atoms with van der Waals surface area (Å²) in [6, 6.07) is 13.6. The van der Waals surface area contributed by atoms with E-state index in [1.54, 1.807) is 24.3 Å². The van der Waals surface area contributed by atoms with Crippen molar-refractivity contribution < 1.29 is 14.0 Å². The average Bonchev–Trinajstić information content (AvgIpc) is 3.20. The molecular formula is C18H15FN4O2. The highest BCUT2D eigenvalue weighted by atomic mass is 19.1. The number of nitrogens with zero attached hydrogens (tertiary/aromatic N) is 2. The molecule has 126 valence electrons. The lowest BCUT2D eigenvalue weighted by molar-refractivity contribution is -0.122. The zero-order valence-electron chi connectivity index (χ0n) is 13.2. The summed E-state index contributed by atoms with van der Waals surface area (Å²) in [4.78, 5) is 26.2. The number of amides is 2. The number of hydrogen-bond donors (Lipinski definition) is 2. The lowest BCUT2D eigenvalue weighted by Gasteiger charge is -2.14. The van der Waals surface area contributed by atoms with Crippen LogP contribution < -0.4 is 10.2 Å². The molecule has 2 N–H and O–H groups in total. The number of carbonyl (C=O) groups excluding carboxylic acids is 2. The van der Waals surface area contributed by atoms with E-state index >= 15 is 0 Å². The molecule has 2 heterocycles. The first-order valence-electron chi connectivity index (χ1n) is 7.92. The predicted molar refractivity (Wildman–Crippen MR) is 91.6 cm³/mol. The van der Waals surface area contributed by atoms with Gasteiger partial charge in [-0.25, -0.2) is 4.39 Å². The summed E-state index contributed by atoms with van der Waals surface area (Å²) in [7, 11) is 0. The van der Waals surface area contributed by atoms with Crippen LogP contribution in [0.1, 0.15) is 6.42 Å². The lowest BCUT2D eigenvalue weighted by atomic mass is 10.1. The van der Waals surface area contributed by atoms with Gasteiger partial charge in [0.25, 0.3) is 0 Å². The van der Waals surface area contributed by atoms with E-state index in [2.05, 4.69) is 15.5 Å². The Bertz CT molecular complexity index is 954. The fourth-order valence-corrected chi connectivity index (χ4v) is 3.06.